The monoisotopic (exact) mass is 253 g/mol. The minimum atomic E-state index is -4.33. The molecule has 0 radical (unpaired) electrons. The lowest BCUT2D eigenvalue weighted by molar-refractivity contribution is -0.125. The average molecular weight is 254 g/mol. The van der Waals surface area contributed by atoms with Gasteiger partial charge < -0.3 is 0 Å². The molecule has 0 aromatic heterocycles. The summed E-state index contributed by atoms with van der Waals surface area (Å²) in [6.07, 6.45) is -4.33. The van der Waals surface area contributed by atoms with Gasteiger partial charge in [0.2, 0.25) is 0 Å². The van der Waals surface area contributed by atoms with Gasteiger partial charge in [-0.3, -0.25) is 4.90 Å². The molecule has 0 unspecified atom stereocenters. The van der Waals surface area contributed by atoms with Crippen molar-refractivity contribution in [2.45, 2.75) is 6.30 Å². The lowest BCUT2D eigenvalue weighted by Gasteiger charge is -2.21. The highest BCUT2D eigenvalue weighted by molar-refractivity contribution is 9.10. The molecule has 0 spiro atoms. The average Bonchev–Trinajstić information content (AvgIpc) is 2.01. The first-order chi connectivity index (χ1) is 5.91. The second-order valence-corrected chi connectivity index (χ2v) is 3.42. The van der Waals surface area contributed by atoms with Crippen molar-refractivity contribution < 1.29 is 13.2 Å². The number of anilines is 1. The summed E-state index contributed by atoms with van der Waals surface area (Å²) in [5, 5.41) is 0. The van der Waals surface area contributed by atoms with Crippen LogP contribution >= 0.6 is 15.9 Å². The maximum absolute atomic E-state index is 12.2. The van der Waals surface area contributed by atoms with Gasteiger partial charge in [0, 0.05) is 17.2 Å². The molecular weight excluding hydrogens is 247 g/mol. The van der Waals surface area contributed by atoms with E-state index in [1.165, 1.54) is 12.1 Å². The Bertz CT molecular complexity index is 298. The predicted octanol–water partition coefficient (Wildman–Crippen LogP) is 3.41. The van der Waals surface area contributed by atoms with Crippen LogP contribution in [-0.2, 0) is 0 Å². The first-order valence-electron chi connectivity index (χ1n) is 3.47. The maximum Gasteiger partial charge on any atom is 0.484 e. The van der Waals surface area contributed by atoms with Crippen LogP contribution in [0.2, 0.25) is 0 Å². The highest BCUT2D eigenvalue weighted by Crippen LogP contribution is 2.28. The molecule has 1 aromatic carbocycles. The van der Waals surface area contributed by atoms with Gasteiger partial charge in [0.05, 0.1) is 0 Å². The summed E-state index contributed by atoms with van der Waals surface area (Å²) in [5.74, 6) is 0. The second-order valence-electron chi connectivity index (χ2n) is 2.51. The van der Waals surface area contributed by atoms with Gasteiger partial charge in [-0.1, -0.05) is 22.0 Å². The molecule has 0 saturated heterocycles. The number of hydrogen-bond acceptors (Lipinski definition) is 1. The molecule has 0 atom stereocenters. The molecule has 0 aliphatic heterocycles. The Morgan fingerprint density at radius 2 is 1.92 bits per heavy atom. The van der Waals surface area contributed by atoms with E-state index in [0.29, 0.717) is 4.47 Å². The number of halogens is 4. The van der Waals surface area contributed by atoms with E-state index in [9.17, 15) is 13.2 Å². The van der Waals surface area contributed by atoms with Crippen molar-refractivity contribution in [3.63, 3.8) is 0 Å². The molecule has 1 aromatic rings. The summed E-state index contributed by atoms with van der Waals surface area (Å²) >= 11 is 3.10. The Morgan fingerprint density at radius 1 is 1.31 bits per heavy atom. The van der Waals surface area contributed by atoms with Crippen molar-refractivity contribution in [3.05, 3.63) is 28.7 Å². The topological polar surface area (TPSA) is 3.24 Å². The van der Waals surface area contributed by atoms with Crippen LogP contribution < -0.4 is 4.90 Å². The summed E-state index contributed by atoms with van der Waals surface area (Å²) in [7, 11) is 0.988. The van der Waals surface area contributed by atoms with Crippen LogP contribution in [0.5, 0.6) is 0 Å². The van der Waals surface area contributed by atoms with E-state index < -0.39 is 6.30 Å². The van der Waals surface area contributed by atoms with Gasteiger partial charge in [0.15, 0.2) is 0 Å². The molecule has 13 heavy (non-hydrogen) atoms. The highest BCUT2D eigenvalue weighted by atomic mass is 79.9. The Labute approximate surface area is 82.3 Å². The summed E-state index contributed by atoms with van der Waals surface area (Å²) in [6, 6.07) is 6.04. The minimum Gasteiger partial charge on any atom is -0.287 e. The third-order valence-corrected chi connectivity index (χ3v) is 2.07. The Balaban J connectivity index is 2.96. The molecule has 1 rings (SSSR count). The minimum absolute atomic E-state index is 0.113. The molecule has 0 saturated carbocycles. The van der Waals surface area contributed by atoms with Crippen molar-refractivity contribution in [2.24, 2.45) is 0 Å². The number of benzene rings is 1. The van der Waals surface area contributed by atoms with Gasteiger partial charge in [0.1, 0.15) is 0 Å². The van der Waals surface area contributed by atoms with Crippen LogP contribution in [0.1, 0.15) is 0 Å². The Kier molecular flexibility index (Phi) is 2.85. The van der Waals surface area contributed by atoms with Crippen molar-refractivity contribution in [3.8, 4) is 0 Å². The third kappa shape index (κ3) is 2.62. The molecule has 0 aliphatic carbocycles. The first-order valence-corrected chi connectivity index (χ1v) is 4.26. The standard InChI is InChI=1S/C8H7BrF3N/c1-13(8(10,11)12)7-4-2-3-6(9)5-7/h2-5H,1H3. The van der Waals surface area contributed by atoms with E-state index in [0.717, 1.165) is 7.05 Å². The maximum atomic E-state index is 12.2. The van der Waals surface area contributed by atoms with Crippen molar-refractivity contribution in [1.82, 2.24) is 0 Å². The van der Waals surface area contributed by atoms with E-state index in [1.54, 1.807) is 12.1 Å². The lowest BCUT2D eigenvalue weighted by atomic mass is 10.3. The Hall–Kier alpha value is -0.710. The van der Waals surface area contributed by atoms with Crippen molar-refractivity contribution >= 4 is 21.6 Å². The van der Waals surface area contributed by atoms with E-state index in [1.807, 2.05) is 0 Å². The first kappa shape index (κ1) is 10.4. The van der Waals surface area contributed by atoms with Crippen LogP contribution in [0, 0.1) is 0 Å². The number of hydrogen-bond donors (Lipinski definition) is 0. The van der Waals surface area contributed by atoms with Gasteiger partial charge >= 0.3 is 6.30 Å². The molecule has 5 heteroatoms. The summed E-state index contributed by atoms with van der Waals surface area (Å²) in [5.41, 5.74) is 0.113. The fourth-order valence-electron chi connectivity index (χ4n) is 0.831. The van der Waals surface area contributed by atoms with Gasteiger partial charge in [-0.15, -0.1) is 0 Å². The summed E-state index contributed by atoms with van der Waals surface area (Å²) in [6.45, 7) is 0. The summed E-state index contributed by atoms with van der Waals surface area (Å²) in [4.78, 5) is 0.262. The molecule has 0 aliphatic rings. The normalized spacial score (nSPS) is 11.5. The van der Waals surface area contributed by atoms with Crippen LogP contribution in [0.3, 0.4) is 0 Å². The number of rotatable bonds is 1. The van der Waals surface area contributed by atoms with E-state index >= 15 is 0 Å². The van der Waals surface area contributed by atoms with Crippen LogP contribution in [0.4, 0.5) is 18.9 Å². The predicted molar refractivity (Wildman–Crippen MR) is 48.6 cm³/mol. The van der Waals surface area contributed by atoms with Gasteiger partial charge in [0.25, 0.3) is 0 Å². The molecule has 72 valence electrons. The van der Waals surface area contributed by atoms with Gasteiger partial charge in [-0.05, 0) is 18.2 Å². The zero-order valence-corrected chi connectivity index (χ0v) is 8.35. The summed E-state index contributed by atoms with van der Waals surface area (Å²) < 4.78 is 37.2. The van der Waals surface area contributed by atoms with Crippen molar-refractivity contribution in [1.29, 1.82) is 0 Å². The zero-order valence-electron chi connectivity index (χ0n) is 6.77. The number of nitrogens with zero attached hydrogens (tertiary/aromatic N) is 1. The molecular formula is C8H7BrF3N. The fraction of sp³-hybridized carbons (Fsp3) is 0.250. The third-order valence-electron chi connectivity index (χ3n) is 1.58. The Morgan fingerprint density at radius 3 is 2.38 bits per heavy atom. The smallest absolute Gasteiger partial charge is 0.287 e. The molecule has 0 amide bonds. The van der Waals surface area contributed by atoms with E-state index in [2.05, 4.69) is 15.9 Å². The molecule has 0 bridgehead atoms. The zero-order chi connectivity index (χ0) is 10.1. The lowest BCUT2D eigenvalue weighted by Crippen LogP contribution is -2.33. The fourth-order valence-corrected chi connectivity index (χ4v) is 1.22. The number of alkyl halides is 3. The van der Waals surface area contributed by atoms with Gasteiger partial charge in [-0.2, -0.15) is 13.2 Å². The highest BCUT2D eigenvalue weighted by Gasteiger charge is 2.34. The van der Waals surface area contributed by atoms with Crippen LogP contribution in [0.15, 0.2) is 28.7 Å². The SMILES string of the molecule is CN(c1cccc(Br)c1)C(F)(F)F. The van der Waals surface area contributed by atoms with Crippen LogP contribution in [0.25, 0.3) is 0 Å². The molecule has 1 nitrogen and oxygen atoms in total. The second kappa shape index (κ2) is 3.57. The van der Waals surface area contributed by atoms with Gasteiger partial charge in [-0.25, -0.2) is 0 Å². The molecule has 0 N–H and O–H groups in total. The molecule has 0 fully saturated rings. The molecule has 0 heterocycles. The van der Waals surface area contributed by atoms with Crippen LogP contribution in [-0.4, -0.2) is 13.3 Å². The quantitative estimate of drug-likeness (QED) is 0.694. The largest absolute Gasteiger partial charge is 0.484 e. The van der Waals surface area contributed by atoms with Crippen molar-refractivity contribution in [2.75, 3.05) is 11.9 Å². The van der Waals surface area contributed by atoms with E-state index in [-0.39, 0.29) is 10.6 Å². The van der Waals surface area contributed by atoms with E-state index in [4.69, 9.17) is 0 Å².